The minimum absolute atomic E-state index is 0.210. The fourth-order valence-corrected chi connectivity index (χ4v) is 3.43. The molecule has 1 aromatic carbocycles. The average Bonchev–Trinajstić information content (AvgIpc) is 3.00. The van der Waals surface area contributed by atoms with Crippen LogP contribution in [0.1, 0.15) is 23.5 Å². The summed E-state index contributed by atoms with van der Waals surface area (Å²) in [6, 6.07) is 8.42. The van der Waals surface area contributed by atoms with Crippen molar-refractivity contribution in [3.8, 4) is 10.8 Å². The Bertz CT molecular complexity index is 756. The van der Waals surface area contributed by atoms with Gasteiger partial charge in [-0.3, -0.25) is 0 Å². The van der Waals surface area contributed by atoms with Gasteiger partial charge in [0, 0.05) is 12.0 Å². The number of hydrogen-bond acceptors (Lipinski definition) is 4. The SMILES string of the molecule is COCC(C)n1c(-c2nc(C)c(C)s2)nc2ccccc21. The van der Waals surface area contributed by atoms with Crippen molar-refractivity contribution < 1.29 is 4.74 Å². The first-order chi connectivity index (χ1) is 10.1. The van der Waals surface area contributed by atoms with Crippen molar-refractivity contribution >= 4 is 22.4 Å². The number of imidazole rings is 1. The van der Waals surface area contributed by atoms with Crippen LogP contribution < -0.4 is 0 Å². The fourth-order valence-electron chi connectivity index (χ4n) is 2.53. The predicted octanol–water partition coefficient (Wildman–Crippen LogP) is 3.98. The van der Waals surface area contributed by atoms with Gasteiger partial charge in [0.15, 0.2) is 10.8 Å². The Morgan fingerprint density at radius 1 is 1.24 bits per heavy atom. The number of para-hydroxylation sites is 2. The summed E-state index contributed by atoms with van der Waals surface area (Å²) < 4.78 is 7.56. The van der Waals surface area contributed by atoms with Gasteiger partial charge in [-0.25, -0.2) is 9.97 Å². The van der Waals surface area contributed by atoms with Gasteiger partial charge in [0.25, 0.3) is 0 Å². The molecule has 3 aromatic rings. The van der Waals surface area contributed by atoms with Gasteiger partial charge >= 0.3 is 0 Å². The highest BCUT2D eigenvalue weighted by molar-refractivity contribution is 7.15. The molecule has 1 atom stereocenters. The molecule has 0 aliphatic heterocycles. The lowest BCUT2D eigenvalue weighted by Crippen LogP contribution is -2.12. The summed E-state index contributed by atoms with van der Waals surface area (Å²) in [5, 5.41) is 0.976. The lowest BCUT2D eigenvalue weighted by molar-refractivity contribution is 0.164. The molecule has 0 bridgehead atoms. The monoisotopic (exact) mass is 301 g/mol. The van der Waals surface area contributed by atoms with Gasteiger partial charge in [-0.2, -0.15) is 0 Å². The molecule has 1 unspecified atom stereocenters. The highest BCUT2D eigenvalue weighted by Crippen LogP contribution is 2.32. The molecular formula is C16H19N3OS. The number of rotatable bonds is 4. The van der Waals surface area contributed by atoms with Crippen LogP contribution >= 0.6 is 11.3 Å². The Hall–Kier alpha value is -1.72. The van der Waals surface area contributed by atoms with E-state index in [4.69, 9.17) is 9.72 Å². The summed E-state index contributed by atoms with van der Waals surface area (Å²) in [4.78, 5) is 10.7. The maximum absolute atomic E-state index is 5.33. The zero-order valence-electron chi connectivity index (χ0n) is 12.8. The molecule has 0 aliphatic carbocycles. The first-order valence-electron chi connectivity index (χ1n) is 7.02. The Kier molecular flexibility index (Phi) is 3.78. The van der Waals surface area contributed by atoms with Gasteiger partial charge in [-0.05, 0) is 32.9 Å². The number of hydrogen-bond donors (Lipinski definition) is 0. The number of benzene rings is 1. The van der Waals surface area contributed by atoms with E-state index < -0.39 is 0 Å². The summed E-state index contributed by atoms with van der Waals surface area (Å²) in [7, 11) is 1.73. The van der Waals surface area contributed by atoms with E-state index in [0.717, 1.165) is 27.6 Å². The Balaban J connectivity index is 2.23. The molecule has 0 saturated heterocycles. The van der Waals surface area contributed by atoms with E-state index in [1.807, 2.05) is 25.1 Å². The number of aromatic nitrogens is 3. The van der Waals surface area contributed by atoms with Crippen LogP contribution in [0.3, 0.4) is 0 Å². The number of nitrogens with zero attached hydrogens (tertiary/aromatic N) is 3. The van der Waals surface area contributed by atoms with Gasteiger partial charge in [-0.15, -0.1) is 11.3 Å². The van der Waals surface area contributed by atoms with E-state index >= 15 is 0 Å². The summed E-state index contributed by atoms with van der Waals surface area (Å²) in [6.45, 7) is 6.94. The Morgan fingerprint density at radius 2 is 2.00 bits per heavy atom. The van der Waals surface area contributed by atoms with E-state index in [-0.39, 0.29) is 6.04 Å². The number of methoxy groups -OCH3 is 1. The molecule has 0 aliphatic rings. The van der Waals surface area contributed by atoms with Crippen LogP contribution in [0.4, 0.5) is 0 Å². The van der Waals surface area contributed by atoms with Crippen LogP contribution in [0.25, 0.3) is 21.9 Å². The third-order valence-corrected chi connectivity index (χ3v) is 4.73. The van der Waals surface area contributed by atoms with Crippen LogP contribution in [0.15, 0.2) is 24.3 Å². The summed E-state index contributed by atoms with van der Waals surface area (Å²) in [5.74, 6) is 0.932. The lowest BCUT2D eigenvalue weighted by Gasteiger charge is -2.15. The van der Waals surface area contributed by atoms with E-state index in [9.17, 15) is 0 Å². The molecule has 21 heavy (non-hydrogen) atoms. The second-order valence-corrected chi connectivity index (χ2v) is 6.46. The van der Waals surface area contributed by atoms with Gasteiger partial charge in [0.2, 0.25) is 0 Å². The maximum atomic E-state index is 5.33. The van der Waals surface area contributed by atoms with Crippen LogP contribution in [-0.4, -0.2) is 28.3 Å². The van der Waals surface area contributed by atoms with Crippen molar-refractivity contribution in [3.05, 3.63) is 34.8 Å². The van der Waals surface area contributed by atoms with E-state index in [1.54, 1.807) is 18.4 Å². The molecule has 2 heterocycles. The van der Waals surface area contributed by atoms with Gasteiger partial charge < -0.3 is 9.30 Å². The minimum atomic E-state index is 0.210. The molecule has 2 aromatic heterocycles. The topological polar surface area (TPSA) is 39.9 Å². The van der Waals surface area contributed by atoms with Crippen LogP contribution in [-0.2, 0) is 4.74 Å². The highest BCUT2D eigenvalue weighted by Gasteiger charge is 2.19. The summed E-state index contributed by atoms with van der Waals surface area (Å²) >= 11 is 1.70. The minimum Gasteiger partial charge on any atom is -0.383 e. The molecule has 0 radical (unpaired) electrons. The molecular weight excluding hydrogens is 282 g/mol. The van der Waals surface area contributed by atoms with E-state index in [2.05, 4.69) is 29.5 Å². The summed E-state index contributed by atoms with van der Waals surface area (Å²) in [6.07, 6.45) is 0. The van der Waals surface area contributed by atoms with Crippen molar-refractivity contribution in [2.24, 2.45) is 0 Å². The standard InChI is InChI=1S/C16H19N3OS/c1-10(9-20-4)19-14-8-6-5-7-13(14)18-15(19)16-17-11(2)12(3)21-16/h5-8,10H,9H2,1-4H3. The molecule has 0 N–H and O–H groups in total. The third-order valence-electron chi connectivity index (χ3n) is 3.66. The smallest absolute Gasteiger partial charge is 0.170 e. The lowest BCUT2D eigenvalue weighted by atomic mass is 10.3. The second-order valence-electron chi connectivity index (χ2n) is 5.26. The number of fused-ring (bicyclic) bond motifs is 1. The molecule has 3 rings (SSSR count). The average molecular weight is 301 g/mol. The Morgan fingerprint density at radius 3 is 2.67 bits per heavy atom. The Labute approximate surface area is 128 Å². The number of aryl methyl sites for hydroxylation is 2. The van der Waals surface area contributed by atoms with Gasteiger partial charge in [-0.1, -0.05) is 12.1 Å². The zero-order valence-corrected chi connectivity index (χ0v) is 13.6. The third kappa shape index (κ3) is 2.47. The van der Waals surface area contributed by atoms with Crippen molar-refractivity contribution in [2.75, 3.05) is 13.7 Å². The van der Waals surface area contributed by atoms with E-state index in [1.165, 1.54) is 4.88 Å². The quantitative estimate of drug-likeness (QED) is 0.731. The predicted molar refractivity (Wildman–Crippen MR) is 86.9 cm³/mol. The number of thiazole rings is 1. The molecule has 5 heteroatoms. The molecule has 4 nitrogen and oxygen atoms in total. The first-order valence-corrected chi connectivity index (χ1v) is 7.83. The molecule has 110 valence electrons. The fraction of sp³-hybridized carbons (Fsp3) is 0.375. The normalized spacial score (nSPS) is 13.0. The van der Waals surface area contributed by atoms with Crippen molar-refractivity contribution in [3.63, 3.8) is 0 Å². The largest absolute Gasteiger partial charge is 0.383 e. The highest BCUT2D eigenvalue weighted by atomic mass is 32.1. The zero-order chi connectivity index (χ0) is 15.0. The number of ether oxygens (including phenoxy) is 1. The molecule has 0 spiro atoms. The van der Waals surface area contributed by atoms with Crippen molar-refractivity contribution in [1.29, 1.82) is 0 Å². The van der Waals surface area contributed by atoms with Crippen molar-refractivity contribution in [1.82, 2.24) is 14.5 Å². The van der Waals surface area contributed by atoms with Crippen molar-refractivity contribution in [2.45, 2.75) is 26.8 Å². The van der Waals surface area contributed by atoms with Gasteiger partial charge in [0.05, 0.1) is 29.4 Å². The van der Waals surface area contributed by atoms with Crippen LogP contribution in [0, 0.1) is 13.8 Å². The summed E-state index contributed by atoms with van der Waals surface area (Å²) in [5.41, 5.74) is 3.21. The molecule has 0 fully saturated rings. The second kappa shape index (κ2) is 5.58. The van der Waals surface area contributed by atoms with Crippen LogP contribution in [0.5, 0.6) is 0 Å². The molecule has 0 saturated carbocycles. The van der Waals surface area contributed by atoms with Crippen LogP contribution in [0.2, 0.25) is 0 Å². The van der Waals surface area contributed by atoms with Gasteiger partial charge in [0.1, 0.15) is 0 Å². The first kappa shape index (κ1) is 14.2. The van der Waals surface area contributed by atoms with E-state index in [0.29, 0.717) is 6.61 Å². The maximum Gasteiger partial charge on any atom is 0.170 e. The molecule has 0 amide bonds.